The van der Waals surface area contributed by atoms with Crippen LogP contribution in [0.1, 0.15) is 46.1 Å². The molecule has 0 atom stereocenters. The van der Waals surface area contributed by atoms with Gasteiger partial charge in [-0.15, -0.1) is 3.63 Å². The summed E-state index contributed by atoms with van der Waals surface area (Å²) in [4.78, 5) is -0.219. The number of rotatable bonds is 16. The Hall–Kier alpha value is -0.640. The number of hydrogen-bond donors (Lipinski definition) is 0. The average Bonchev–Trinajstić information content (AvgIpc) is 2.80. The summed E-state index contributed by atoms with van der Waals surface area (Å²) in [6, 6.07) is 6.25. The zero-order valence-corrected chi connectivity index (χ0v) is 27.5. The molecule has 2 rings (SSSR count). The fourth-order valence-corrected chi connectivity index (χ4v) is 7.56. The molecule has 1 aromatic carbocycles. The smallest absolute Gasteiger partial charge is 0.311 e. The number of nitrogens with zero attached hydrogens (tertiary/aromatic N) is 2. The number of aryl methyl sites for hydroxylation is 1. The molecule has 0 unspecified atom stereocenters. The standard InChI is InChI=1S/C26H46BrN2O8S2/c1-22-8-10-24(11-9-22)39(32,33)37-38(30,31)19-18-36-17-16-35-15-14-34-13-12-29(6,7)23-20-25(2,3)28(27)26(4,5)21-23/h8-11,23H,12-21H2,1-7H3/q+1. The zero-order chi connectivity index (χ0) is 29.5. The van der Waals surface area contributed by atoms with Crippen LogP contribution in [0.5, 0.6) is 0 Å². The van der Waals surface area contributed by atoms with Crippen molar-refractivity contribution < 1.29 is 39.2 Å². The third-order valence-corrected chi connectivity index (χ3v) is 12.0. The van der Waals surface area contributed by atoms with Crippen LogP contribution in [-0.4, -0.2) is 108 Å². The van der Waals surface area contributed by atoms with Crippen LogP contribution in [0.25, 0.3) is 0 Å². The molecule has 1 heterocycles. The molecule has 1 aromatic rings. The molecule has 0 radical (unpaired) electrons. The second-order valence-electron chi connectivity index (χ2n) is 11.9. The Labute approximate surface area is 244 Å². The molecule has 1 fully saturated rings. The second-order valence-corrected chi connectivity index (χ2v) is 16.1. The predicted molar refractivity (Wildman–Crippen MR) is 155 cm³/mol. The van der Waals surface area contributed by atoms with Crippen molar-refractivity contribution in [2.75, 3.05) is 66.0 Å². The van der Waals surface area contributed by atoms with Crippen molar-refractivity contribution in [2.45, 2.75) is 69.5 Å². The molecule has 0 saturated carbocycles. The highest BCUT2D eigenvalue weighted by Crippen LogP contribution is 2.43. The van der Waals surface area contributed by atoms with Gasteiger partial charge in [-0.25, -0.2) is 3.93 Å². The topological polar surface area (TPSA) is 108 Å². The van der Waals surface area contributed by atoms with Gasteiger partial charge in [0.15, 0.2) is 0 Å². The van der Waals surface area contributed by atoms with Gasteiger partial charge >= 0.3 is 10.1 Å². The van der Waals surface area contributed by atoms with E-state index in [1.54, 1.807) is 19.1 Å². The molecule has 1 saturated heterocycles. The fraction of sp³-hybridized carbons (Fsp3) is 0.769. The van der Waals surface area contributed by atoms with E-state index < -0.39 is 26.0 Å². The van der Waals surface area contributed by atoms with E-state index in [1.807, 2.05) is 0 Å². The maximum absolute atomic E-state index is 12.2. The largest absolute Gasteiger partial charge is 0.378 e. The Balaban J connectivity index is 1.57. The molecule has 10 nitrogen and oxygen atoms in total. The van der Waals surface area contributed by atoms with Crippen LogP contribution in [0.3, 0.4) is 0 Å². The SMILES string of the molecule is Cc1ccc(S(=O)(=O)OS(=O)(=O)CCOCCOCCOCC[N+](C)(C)C2CC(C)(C)N(Br)C(C)(C)C2)cc1. The van der Waals surface area contributed by atoms with Gasteiger partial charge < -0.3 is 18.7 Å². The van der Waals surface area contributed by atoms with Gasteiger partial charge in [-0.1, -0.05) is 17.7 Å². The maximum atomic E-state index is 12.2. The van der Waals surface area contributed by atoms with Gasteiger partial charge in [-0.05, 0) is 46.8 Å². The fourth-order valence-electron chi connectivity index (χ4n) is 4.80. The summed E-state index contributed by atoms with van der Waals surface area (Å²) < 4.78 is 72.6. The van der Waals surface area contributed by atoms with E-state index in [9.17, 15) is 16.8 Å². The lowest BCUT2D eigenvalue weighted by Gasteiger charge is -2.55. The first kappa shape index (κ1) is 34.6. The number of piperidine rings is 1. The van der Waals surface area contributed by atoms with Gasteiger partial charge in [0.1, 0.15) is 12.3 Å². The van der Waals surface area contributed by atoms with Crippen molar-refractivity contribution in [3.8, 4) is 0 Å². The highest BCUT2D eigenvalue weighted by atomic mass is 79.9. The van der Waals surface area contributed by atoms with Crippen molar-refractivity contribution in [3.05, 3.63) is 29.8 Å². The Morgan fingerprint density at radius 3 is 1.82 bits per heavy atom. The molecule has 1 aliphatic heterocycles. The van der Waals surface area contributed by atoms with Gasteiger partial charge in [0.05, 0.1) is 64.7 Å². The summed E-state index contributed by atoms with van der Waals surface area (Å²) in [5.41, 5.74) is 0.974. The Kier molecular flexibility index (Phi) is 12.4. The molecule has 0 N–H and O–H groups in total. The van der Waals surface area contributed by atoms with Gasteiger partial charge in [0, 0.05) is 40.1 Å². The highest BCUT2D eigenvalue weighted by Gasteiger charge is 2.49. The number of likely N-dealkylation sites (N-methyl/N-ethyl adjacent to an activating group) is 1. The van der Waals surface area contributed by atoms with Crippen molar-refractivity contribution >= 4 is 36.4 Å². The van der Waals surface area contributed by atoms with Crippen LogP contribution in [0.4, 0.5) is 0 Å². The first-order chi connectivity index (χ1) is 17.9. The summed E-state index contributed by atoms with van der Waals surface area (Å²) in [5.74, 6) is -0.585. The first-order valence-corrected chi connectivity index (χ1v) is 16.8. The third-order valence-electron chi connectivity index (χ3n) is 7.06. The van der Waals surface area contributed by atoms with Crippen molar-refractivity contribution in [1.82, 2.24) is 3.93 Å². The lowest BCUT2D eigenvalue weighted by molar-refractivity contribution is -0.918. The molecule has 1 aliphatic rings. The number of benzene rings is 1. The van der Waals surface area contributed by atoms with Crippen LogP contribution in [0, 0.1) is 6.92 Å². The van der Waals surface area contributed by atoms with E-state index in [0.29, 0.717) is 25.9 Å². The van der Waals surface area contributed by atoms with Crippen LogP contribution in [0.15, 0.2) is 29.2 Å². The zero-order valence-electron chi connectivity index (χ0n) is 24.3. The minimum Gasteiger partial charge on any atom is -0.378 e. The molecule has 0 amide bonds. The quantitative estimate of drug-likeness (QED) is 0.150. The molecule has 39 heavy (non-hydrogen) atoms. The minimum atomic E-state index is -4.41. The molecule has 0 aliphatic carbocycles. The monoisotopic (exact) mass is 657 g/mol. The summed E-state index contributed by atoms with van der Waals surface area (Å²) >= 11 is 3.79. The summed E-state index contributed by atoms with van der Waals surface area (Å²) in [7, 11) is -4.20. The van der Waals surface area contributed by atoms with Crippen LogP contribution < -0.4 is 0 Å². The number of hydrogen-bond acceptors (Lipinski definition) is 9. The Morgan fingerprint density at radius 1 is 0.846 bits per heavy atom. The van der Waals surface area contributed by atoms with E-state index in [2.05, 4.69) is 65.5 Å². The molecule has 226 valence electrons. The molecule has 0 aromatic heterocycles. The lowest BCUT2D eigenvalue weighted by Crippen LogP contribution is -2.64. The minimum absolute atomic E-state index is 0.0645. The maximum Gasteiger partial charge on any atom is 0.311 e. The van der Waals surface area contributed by atoms with E-state index in [0.717, 1.165) is 29.4 Å². The molecule has 0 spiro atoms. The Bertz CT molecular complexity index is 1110. The molecular weight excluding hydrogens is 612 g/mol. The Morgan fingerprint density at radius 2 is 1.31 bits per heavy atom. The van der Waals surface area contributed by atoms with E-state index in [-0.39, 0.29) is 35.8 Å². The van der Waals surface area contributed by atoms with Gasteiger partial charge in [-0.2, -0.15) is 16.8 Å². The normalized spacial score (nSPS) is 18.9. The summed E-state index contributed by atoms with van der Waals surface area (Å²) in [6.45, 7) is 13.5. The van der Waals surface area contributed by atoms with Crippen molar-refractivity contribution in [1.29, 1.82) is 0 Å². The average molecular weight is 659 g/mol. The van der Waals surface area contributed by atoms with E-state index in [1.165, 1.54) is 12.1 Å². The third kappa shape index (κ3) is 10.9. The number of halogens is 1. The first-order valence-electron chi connectivity index (χ1n) is 13.2. The second kappa shape index (κ2) is 14.0. The highest BCUT2D eigenvalue weighted by molar-refractivity contribution is 9.07. The van der Waals surface area contributed by atoms with Crippen molar-refractivity contribution in [2.24, 2.45) is 0 Å². The van der Waals surface area contributed by atoms with E-state index >= 15 is 0 Å². The van der Waals surface area contributed by atoms with Crippen LogP contribution >= 0.6 is 16.1 Å². The van der Waals surface area contributed by atoms with Gasteiger partial charge in [0.25, 0.3) is 10.1 Å². The lowest BCUT2D eigenvalue weighted by atomic mass is 9.78. The van der Waals surface area contributed by atoms with Crippen LogP contribution in [-0.2, 0) is 38.1 Å². The summed E-state index contributed by atoms with van der Waals surface area (Å²) in [5, 5.41) is 0. The molecule has 0 bridgehead atoms. The predicted octanol–water partition coefficient (Wildman–Crippen LogP) is 3.49. The van der Waals surface area contributed by atoms with Crippen molar-refractivity contribution in [3.63, 3.8) is 0 Å². The number of quaternary nitrogens is 1. The summed E-state index contributed by atoms with van der Waals surface area (Å²) in [6.07, 6.45) is 2.18. The van der Waals surface area contributed by atoms with E-state index in [4.69, 9.17) is 14.2 Å². The number of ether oxygens (including phenoxy) is 3. The van der Waals surface area contributed by atoms with Gasteiger partial charge in [0.2, 0.25) is 0 Å². The molecule has 13 heteroatoms. The molecular formula is C26H46BrN2O8S2+. The van der Waals surface area contributed by atoms with Crippen LogP contribution in [0.2, 0.25) is 0 Å². The van der Waals surface area contributed by atoms with Gasteiger partial charge in [-0.3, -0.25) is 0 Å².